The molecule has 6 heteroatoms. The molecule has 4 rings (SSSR count). The highest BCUT2D eigenvalue weighted by atomic mass is 32.1. The number of hydrogen-bond acceptors (Lipinski definition) is 5. The van der Waals surface area contributed by atoms with Gasteiger partial charge in [0.05, 0.1) is 0 Å². The van der Waals surface area contributed by atoms with E-state index in [0.29, 0.717) is 13.0 Å². The van der Waals surface area contributed by atoms with Crippen LogP contribution in [0.2, 0.25) is 0 Å². The van der Waals surface area contributed by atoms with Gasteiger partial charge in [0.1, 0.15) is 12.4 Å². The highest BCUT2D eigenvalue weighted by molar-refractivity contribution is 7.16. The number of benzene rings is 2. The monoisotopic (exact) mass is 322 g/mol. The maximum Gasteiger partial charge on any atom is 0.234 e. The Labute approximate surface area is 137 Å². The first-order valence-corrected chi connectivity index (χ1v) is 8.12. The molecule has 0 N–H and O–H groups in total. The molecule has 0 aliphatic heterocycles. The van der Waals surface area contributed by atoms with Crippen molar-refractivity contribution in [3.63, 3.8) is 0 Å². The van der Waals surface area contributed by atoms with Crippen molar-refractivity contribution in [2.24, 2.45) is 0 Å². The highest BCUT2D eigenvalue weighted by Gasteiger charge is 2.12. The molecule has 0 unspecified atom stereocenters. The molecule has 4 aromatic rings. The van der Waals surface area contributed by atoms with E-state index in [1.807, 2.05) is 48.5 Å². The fraction of sp³-hybridized carbons (Fsp3) is 0.118. The zero-order valence-corrected chi connectivity index (χ0v) is 13.1. The maximum atomic E-state index is 5.74. The molecular weight excluding hydrogens is 308 g/mol. The van der Waals surface area contributed by atoms with Crippen molar-refractivity contribution in [1.29, 1.82) is 0 Å². The van der Waals surface area contributed by atoms with Crippen LogP contribution in [-0.2, 0) is 13.0 Å². The molecule has 0 radical (unpaired) electrons. The number of aromatic nitrogens is 4. The second-order valence-electron chi connectivity index (χ2n) is 5.07. The first-order valence-electron chi connectivity index (χ1n) is 7.30. The minimum Gasteiger partial charge on any atom is -0.486 e. The van der Waals surface area contributed by atoms with Gasteiger partial charge in [0.2, 0.25) is 4.96 Å². The molecule has 0 spiro atoms. The summed E-state index contributed by atoms with van der Waals surface area (Å²) >= 11 is 1.50. The zero-order chi connectivity index (χ0) is 15.5. The Kier molecular flexibility index (Phi) is 3.73. The summed E-state index contributed by atoms with van der Waals surface area (Å²) in [6.45, 7) is 0.433. The molecule has 0 atom stereocenters. The van der Waals surface area contributed by atoms with Gasteiger partial charge < -0.3 is 4.74 Å². The van der Waals surface area contributed by atoms with Crippen LogP contribution in [0.15, 0.2) is 60.7 Å². The van der Waals surface area contributed by atoms with Gasteiger partial charge >= 0.3 is 0 Å². The van der Waals surface area contributed by atoms with Crippen LogP contribution in [0.4, 0.5) is 0 Å². The second-order valence-corrected chi connectivity index (χ2v) is 6.11. The highest BCUT2D eigenvalue weighted by Crippen LogP contribution is 2.18. The van der Waals surface area contributed by atoms with Gasteiger partial charge in [-0.25, -0.2) is 0 Å². The van der Waals surface area contributed by atoms with Crippen molar-refractivity contribution in [2.75, 3.05) is 0 Å². The predicted molar refractivity (Wildman–Crippen MR) is 88.7 cm³/mol. The fourth-order valence-electron chi connectivity index (χ4n) is 2.31. The summed E-state index contributed by atoms with van der Waals surface area (Å²) in [7, 11) is 0. The molecule has 114 valence electrons. The topological polar surface area (TPSA) is 52.3 Å². The fourth-order valence-corrected chi connectivity index (χ4v) is 3.07. The first-order chi connectivity index (χ1) is 11.4. The van der Waals surface area contributed by atoms with Gasteiger partial charge in [0.15, 0.2) is 10.8 Å². The van der Waals surface area contributed by atoms with E-state index in [1.165, 1.54) is 16.9 Å². The number of hydrogen-bond donors (Lipinski definition) is 0. The van der Waals surface area contributed by atoms with Crippen LogP contribution < -0.4 is 4.74 Å². The van der Waals surface area contributed by atoms with Crippen molar-refractivity contribution >= 4 is 16.3 Å². The lowest BCUT2D eigenvalue weighted by molar-refractivity contribution is 0.304. The van der Waals surface area contributed by atoms with Gasteiger partial charge in [-0.1, -0.05) is 59.9 Å². The third-order valence-corrected chi connectivity index (χ3v) is 4.28. The Balaban J connectivity index is 1.52. The Hall–Kier alpha value is -2.73. The number of rotatable bonds is 5. The van der Waals surface area contributed by atoms with Gasteiger partial charge in [-0.05, 0) is 17.7 Å². The van der Waals surface area contributed by atoms with Crippen LogP contribution in [0.5, 0.6) is 5.75 Å². The van der Waals surface area contributed by atoms with E-state index in [0.717, 1.165) is 21.5 Å². The Morgan fingerprint density at radius 3 is 2.43 bits per heavy atom. The lowest BCUT2D eigenvalue weighted by atomic mass is 10.1. The van der Waals surface area contributed by atoms with Crippen LogP contribution in [0.3, 0.4) is 0 Å². The van der Waals surface area contributed by atoms with Crippen molar-refractivity contribution in [2.45, 2.75) is 13.0 Å². The third kappa shape index (κ3) is 3.07. The average Bonchev–Trinajstić information content (AvgIpc) is 3.17. The molecule has 5 nitrogen and oxygen atoms in total. The average molecular weight is 322 g/mol. The SMILES string of the molecule is c1ccc(Cc2nnc3sc(COc4ccccc4)nn23)cc1. The largest absolute Gasteiger partial charge is 0.486 e. The molecule has 0 aliphatic rings. The molecule has 2 heterocycles. The van der Waals surface area contributed by atoms with Crippen LogP contribution >= 0.6 is 11.3 Å². The van der Waals surface area contributed by atoms with E-state index in [2.05, 4.69) is 27.4 Å². The van der Waals surface area contributed by atoms with Gasteiger partial charge in [-0.3, -0.25) is 0 Å². The van der Waals surface area contributed by atoms with Crippen LogP contribution in [0.1, 0.15) is 16.4 Å². The van der Waals surface area contributed by atoms with E-state index in [9.17, 15) is 0 Å². The normalized spacial score (nSPS) is 11.0. The second kappa shape index (κ2) is 6.18. The summed E-state index contributed by atoms with van der Waals surface area (Å²) in [5.74, 6) is 1.68. The third-order valence-electron chi connectivity index (χ3n) is 3.41. The molecule has 0 amide bonds. The van der Waals surface area contributed by atoms with E-state index in [1.54, 1.807) is 4.52 Å². The van der Waals surface area contributed by atoms with Crippen LogP contribution in [-0.4, -0.2) is 19.8 Å². The van der Waals surface area contributed by atoms with Gasteiger partial charge in [0, 0.05) is 6.42 Å². The van der Waals surface area contributed by atoms with E-state index in [-0.39, 0.29) is 0 Å². The smallest absolute Gasteiger partial charge is 0.234 e. The Morgan fingerprint density at radius 1 is 0.913 bits per heavy atom. The van der Waals surface area contributed by atoms with Crippen LogP contribution in [0.25, 0.3) is 4.96 Å². The maximum absolute atomic E-state index is 5.74. The summed E-state index contributed by atoms with van der Waals surface area (Å²) in [5, 5.41) is 13.9. The Morgan fingerprint density at radius 2 is 1.65 bits per heavy atom. The summed E-state index contributed by atoms with van der Waals surface area (Å²) in [6, 6.07) is 19.9. The molecule has 0 bridgehead atoms. The van der Waals surface area contributed by atoms with Crippen molar-refractivity contribution < 1.29 is 4.74 Å². The molecule has 2 aromatic carbocycles. The summed E-state index contributed by atoms with van der Waals surface area (Å²) in [4.78, 5) is 0.794. The lowest BCUT2D eigenvalue weighted by Crippen LogP contribution is -2.00. The number of para-hydroxylation sites is 1. The summed E-state index contributed by atoms with van der Waals surface area (Å²) in [5.41, 5.74) is 1.19. The molecule has 23 heavy (non-hydrogen) atoms. The van der Waals surface area contributed by atoms with E-state index in [4.69, 9.17) is 4.74 Å². The van der Waals surface area contributed by atoms with Gasteiger partial charge in [-0.15, -0.1) is 10.2 Å². The van der Waals surface area contributed by atoms with Crippen LogP contribution in [0, 0.1) is 0 Å². The van der Waals surface area contributed by atoms with E-state index >= 15 is 0 Å². The van der Waals surface area contributed by atoms with Crippen molar-refractivity contribution in [3.05, 3.63) is 77.1 Å². The molecule has 0 fully saturated rings. The molecule has 0 saturated carbocycles. The summed E-state index contributed by atoms with van der Waals surface area (Å²) in [6.07, 6.45) is 0.713. The number of fused-ring (bicyclic) bond motifs is 1. The number of ether oxygens (including phenoxy) is 1. The minimum absolute atomic E-state index is 0.433. The van der Waals surface area contributed by atoms with Gasteiger partial charge in [-0.2, -0.15) is 9.61 Å². The molecule has 2 aromatic heterocycles. The van der Waals surface area contributed by atoms with E-state index < -0.39 is 0 Å². The molecule has 0 saturated heterocycles. The quantitative estimate of drug-likeness (QED) is 0.565. The lowest BCUT2D eigenvalue weighted by Gasteiger charge is -2.02. The zero-order valence-electron chi connectivity index (χ0n) is 12.3. The predicted octanol–water partition coefficient (Wildman–Crippen LogP) is 3.36. The van der Waals surface area contributed by atoms with Gasteiger partial charge in [0.25, 0.3) is 0 Å². The standard InChI is InChI=1S/C17H14N4OS/c1-3-7-13(8-4-1)11-15-18-19-17-21(15)20-16(23-17)12-22-14-9-5-2-6-10-14/h1-10H,11-12H2. The minimum atomic E-state index is 0.433. The van der Waals surface area contributed by atoms with Crippen molar-refractivity contribution in [1.82, 2.24) is 19.8 Å². The first kappa shape index (κ1) is 13.9. The molecular formula is C17H14N4OS. The van der Waals surface area contributed by atoms with Crippen molar-refractivity contribution in [3.8, 4) is 5.75 Å². The Bertz CT molecular complexity index is 902. The summed E-state index contributed by atoms with van der Waals surface area (Å²) < 4.78 is 7.54. The molecule has 0 aliphatic carbocycles. The number of nitrogens with zero attached hydrogens (tertiary/aromatic N) is 4.